The van der Waals surface area contributed by atoms with Crippen LogP contribution in [0, 0.1) is 0 Å². The topological polar surface area (TPSA) is 18.5 Å². The molecule has 0 heterocycles. The zero-order valence-electron chi connectivity index (χ0n) is 9.42. The van der Waals surface area contributed by atoms with Crippen molar-refractivity contribution in [3.63, 3.8) is 0 Å². The van der Waals surface area contributed by atoms with Gasteiger partial charge in [0.1, 0.15) is 11.5 Å². The third-order valence-corrected chi connectivity index (χ3v) is 2.52. The lowest BCUT2D eigenvalue weighted by atomic mass is 10.1. The van der Waals surface area contributed by atoms with Crippen LogP contribution in [0.3, 0.4) is 0 Å². The van der Waals surface area contributed by atoms with Gasteiger partial charge in [0, 0.05) is 11.4 Å². The highest BCUT2D eigenvalue weighted by atomic mass is 35.5. The molecule has 0 amide bonds. The molecule has 0 aliphatic rings. The maximum Gasteiger partial charge on any atom is 0.125 e. The second kappa shape index (κ2) is 5.86. The van der Waals surface area contributed by atoms with Crippen molar-refractivity contribution in [3.8, 4) is 11.5 Å². The third-order valence-electron chi connectivity index (χ3n) is 2.31. The maximum atomic E-state index is 5.92. The van der Waals surface area contributed by atoms with E-state index in [2.05, 4.69) is 0 Å². The fourth-order valence-corrected chi connectivity index (χ4v) is 1.52. The summed E-state index contributed by atoms with van der Waals surface area (Å²) in [6, 6.07) is 5.86. The molecule has 1 rings (SSSR count). The normalized spacial score (nSPS) is 12.3. The van der Waals surface area contributed by atoms with E-state index in [0.29, 0.717) is 0 Å². The Morgan fingerprint density at radius 1 is 1.27 bits per heavy atom. The predicted octanol–water partition coefficient (Wildman–Crippen LogP) is 3.26. The molecule has 0 bridgehead atoms. The van der Waals surface area contributed by atoms with Crippen LogP contribution in [0.1, 0.15) is 18.9 Å². The first-order chi connectivity index (χ1) is 7.17. The minimum atomic E-state index is 0.191. The van der Waals surface area contributed by atoms with Gasteiger partial charge in [-0.25, -0.2) is 0 Å². The minimum absolute atomic E-state index is 0.191. The summed E-state index contributed by atoms with van der Waals surface area (Å²) in [5, 5.41) is 0.191. The van der Waals surface area contributed by atoms with Crippen molar-refractivity contribution in [1.29, 1.82) is 0 Å². The fourth-order valence-electron chi connectivity index (χ4n) is 1.41. The van der Waals surface area contributed by atoms with Crippen molar-refractivity contribution >= 4 is 11.6 Å². The largest absolute Gasteiger partial charge is 0.497 e. The van der Waals surface area contributed by atoms with Gasteiger partial charge >= 0.3 is 0 Å². The van der Waals surface area contributed by atoms with Gasteiger partial charge in [-0.15, -0.1) is 11.6 Å². The summed E-state index contributed by atoms with van der Waals surface area (Å²) in [5.41, 5.74) is 1.17. The van der Waals surface area contributed by atoms with E-state index < -0.39 is 0 Å². The average Bonchev–Trinajstić information content (AvgIpc) is 2.25. The number of ether oxygens (including phenoxy) is 2. The number of methoxy groups -OCH3 is 2. The molecular weight excluding hydrogens is 212 g/mol. The number of hydrogen-bond acceptors (Lipinski definition) is 2. The number of halogens is 1. The summed E-state index contributed by atoms with van der Waals surface area (Å²) in [5.74, 6) is 1.68. The number of benzene rings is 1. The Labute approximate surface area is 96.2 Å². The molecule has 0 radical (unpaired) electrons. The molecule has 0 aliphatic heterocycles. The molecule has 1 atom stereocenters. The minimum Gasteiger partial charge on any atom is -0.497 e. The van der Waals surface area contributed by atoms with Gasteiger partial charge in [-0.3, -0.25) is 0 Å². The van der Waals surface area contributed by atoms with Gasteiger partial charge in [0.05, 0.1) is 14.2 Å². The van der Waals surface area contributed by atoms with Crippen molar-refractivity contribution in [2.24, 2.45) is 0 Å². The molecule has 0 spiro atoms. The molecule has 0 N–H and O–H groups in total. The predicted molar refractivity (Wildman–Crippen MR) is 63.2 cm³/mol. The second-order valence-corrected chi connectivity index (χ2v) is 4.24. The molecule has 84 valence electrons. The van der Waals surface area contributed by atoms with Gasteiger partial charge in [-0.2, -0.15) is 0 Å². The van der Waals surface area contributed by atoms with Crippen molar-refractivity contribution in [3.05, 3.63) is 23.8 Å². The first-order valence-corrected chi connectivity index (χ1v) is 5.46. The Bertz CT molecular complexity index is 310. The van der Waals surface area contributed by atoms with Crippen LogP contribution >= 0.6 is 11.6 Å². The Morgan fingerprint density at radius 2 is 2.00 bits per heavy atom. The molecule has 0 aromatic heterocycles. The number of rotatable bonds is 5. The van der Waals surface area contributed by atoms with E-state index in [-0.39, 0.29) is 5.38 Å². The van der Waals surface area contributed by atoms with Crippen molar-refractivity contribution < 1.29 is 9.47 Å². The number of aryl methyl sites for hydroxylation is 1. The number of alkyl halides is 1. The Kier molecular flexibility index (Phi) is 4.76. The van der Waals surface area contributed by atoms with Crippen LogP contribution in [0.15, 0.2) is 18.2 Å². The summed E-state index contributed by atoms with van der Waals surface area (Å²) >= 11 is 5.92. The van der Waals surface area contributed by atoms with Gasteiger partial charge in [-0.05, 0) is 31.4 Å². The molecule has 0 aliphatic carbocycles. The average molecular weight is 229 g/mol. The van der Waals surface area contributed by atoms with Crippen molar-refractivity contribution in [2.75, 3.05) is 14.2 Å². The van der Waals surface area contributed by atoms with Crippen LogP contribution in [0.25, 0.3) is 0 Å². The first kappa shape index (κ1) is 12.2. The standard InChI is InChI=1S/C12H17ClO2/c1-9(13)4-5-10-6-7-11(14-2)8-12(10)15-3/h6-9H,4-5H2,1-3H3. The van der Waals surface area contributed by atoms with Crippen LogP contribution in [0.2, 0.25) is 0 Å². The van der Waals surface area contributed by atoms with Crippen LogP contribution < -0.4 is 9.47 Å². The molecule has 1 aromatic carbocycles. The zero-order chi connectivity index (χ0) is 11.3. The van der Waals surface area contributed by atoms with E-state index in [1.165, 1.54) is 5.56 Å². The Morgan fingerprint density at radius 3 is 2.53 bits per heavy atom. The monoisotopic (exact) mass is 228 g/mol. The lowest BCUT2D eigenvalue weighted by molar-refractivity contribution is 0.390. The summed E-state index contributed by atoms with van der Waals surface area (Å²) < 4.78 is 10.4. The summed E-state index contributed by atoms with van der Waals surface area (Å²) in [7, 11) is 3.32. The van der Waals surface area contributed by atoms with Crippen molar-refractivity contribution in [1.82, 2.24) is 0 Å². The van der Waals surface area contributed by atoms with E-state index in [4.69, 9.17) is 21.1 Å². The summed E-state index contributed by atoms with van der Waals surface area (Å²) in [4.78, 5) is 0. The second-order valence-electron chi connectivity index (χ2n) is 3.50. The van der Waals surface area contributed by atoms with Crippen LogP contribution in [0.4, 0.5) is 0 Å². The van der Waals surface area contributed by atoms with E-state index in [1.54, 1.807) is 14.2 Å². The van der Waals surface area contributed by atoms with Crippen LogP contribution in [-0.2, 0) is 6.42 Å². The molecule has 1 aromatic rings. The quantitative estimate of drug-likeness (QED) is 0.721. The highest BCUT2D eigenvalue weighted by Crippen LogP contribution is 2.26. The Balaban J connectivity index is 2.78. The van der Waals surface area contributed by atoms with E-state index >= 15 is 0 Å². The lowest BCUT2D eigenvalue weighted by Gasteiger charge is -2.10. The smallest absolute Gasteiger partial charge is 0.125 e. The summed E-state index contributed by atoms with van der Waals surface area (Å²) in [6.07, 6.45) is 1.88. The van der Waals surface area contributed by atoms with Crippen LogP contribution in [0.5, 0.6) is 11.5 Å². The van der Waals surface area contributed by atoms with Gasteiger partial charge in [0.25, 0.3) is 0 Å². The third kappa shape index (κ3) is 3.63. The van der Waals surface area contributed by atoms with Gasteiger partial charge in [-0.1, -0.05) is 6.07 Å². The molecule has 2 nitrogen and oxygen atoms in total. The van der Waals surface area contributed by atoms with E-state index in [0.717, 1.165) is 24.3 Å². The first-order valence-electron chi connectivity index (χ1n) is 5.02. The zero-order valence-corrected chi connectivity index (χ0v) is 10.2. The van der Waals surface area contributed by atoms with Gasteiger partial charge in [0.2, 0.25) is 0 Å². The fraction of sp³-hybridized carbons (Fsp3) is 0.500. The number of hydrogen-bond donors (Lipinski definition) is 0. The van der Waals surface area contributed by atoms with E-state index in [9.17, 15) is 0 Å². The SMILES string of the molecule is COc1ccc(CCC(C)Cl)c(OC)c1. The molecule has 15 heavy (non-hydrogen) atoms. The molecule has 0 saturated carbocycles. The molecule has 3 heteroatoms. The molecule has 0 saturated heterocycles. The molecule has 0 fully saturated rings. The maximum absolute atomic E-state index is 5.92. The van der Waals surface area contributed by atoms with Gasteiger partial charge in [0.15, 0.2) is 0 Å². The molecule has 1 unspecified atom stereocenters. The lowest BCUT2D eigenvalue weighted by Crippen LogP contribution is -1.98. The summed E-state index contributed by atoms with van der Waals surface area (Å²) in [6.45, 7) is 2.00. The molecular formula is C12H17ClO2. The Hall–Kier alpha value is -0.890. The highest BCUT2D eigenvalue weighted by molar-refractivity contribution is 6.20. The van der Waals surface area contributed by atoms with Crippen molar-refractivity contribution in [2.45, 2.75) is 25.1 Å². The highest BCUT2D eigenvalue weighted by Gasteiger charge is 2.06. The van der Waals surface area contributed by atoms with Gasteiger partial charge < -0.3 is 9.47 Å². The van der Waals surface area contributed by atoms with E-state index in [1.807, 2.05) is 25.1 Å². The van der Waals surface area contributed by atoms with Crippen LogP contribution in [-0.4, -0.2) is 19.6 Å².